The van der Waals surface area contributed by atoms with Crippen LogP contribution >= 0.6 is 0 Å². The summed E-state index contributed by atoms with van der Waals surface area (Å²) in [7, 11) is 0. The van der Waals surface area contributed by atoms with E-state index in [-0.39, 0.29) is 11.8 Å². The number of carbonyl (C=O) groups excluding carboxylic acids is 2. The Morgan fingerprint density at radius 2 is 1.67 bits per heavy atom. The minimum absolute atomic E-state index is 0.0566. The van der Waals surface area contributed by atoms with Crippen molar-refractivity contribution in [2.45, 2.75) is 46.5 Å². The number of nitrogens with one attached hydrogen (secondary N) is 2. The monoisotopic (exact) mass is 258 g/mol. The number of alkyl carbamates (subject to hydrolysis) is 1. The Morgan fingerprint density at radius 3 is 2.22 bits per heavy atom. The molecule has 0 fully saturated rings. The number of rotatable bonds is 9. The predicted molar refractivity (Wildman–Crippen MR) is 71.3 cm³/mol. The normalized spacial score (nSPS) is 10.2. The SMILES string of the molecule is CCCCOC(=O)NCCNC(=O)C(CC)CC. The molecule has 0 rings (SSSR count). The van der Waals surface area contributed by atoms with Crippen LogP contribution in [-0.4, -0.2) is 31.7 Å². The first kappa shape index (κ1) is 16.7. The third-order valence-corrected chi connectivity index (χ3v) is 2.78. The molecule has 0 spiro atoms. The van der Waals surface area contributed by atoms with Gasteiger partial charge >= 0.3 is 6.09 Å². The Hall–Kier alpha value is -1.26. The number of hydrogen-bond acceptors (Lipinski definition) is 3. The second kappa shape index (κ2) is 10.9. The fraction of sp³-hybridized carbons (Fsp3) is 0.846. The third-order valence-electron chi connectivity index (χ3n) is 2.78. The van der Waals surface area contributed by atoms with Gasteiger partial charge in [0.2, 0.25) is 5.91 Å². The molecule has 5 nitrogen and oxygen atoms in total. The van der Waals surface area contributed by atoms with Gasteiger partial charge in [0.15, 0.2) is 0 Å². The molecule has 2 amide bonds. The van der Waals surface area contributed by atoms with Gasteiger partial charge in [-0.2, -0.15) is 0 Å². The van der Waals surface area contributed by atoms with Crippen LogP contribution < -0.4 is 10.6 Å². The van der Waals surface area contributed by atoms with Crippen molar-refractivity contribution in [3.8, 4) is 0 Å². The second-order valence-electron chi connectivity index (χ2n) is 4.22. The van der Waals surface area contributed by atoms with Crippen molar-refractivity contribution in [3.63, 3.8) is 0 Å². The third kappa shape index (κ3) is 7.92. The zero-order chi connectivity index (χ0) is 13.8. The van der Waals surface area contributed by atoms with E-state index in [4.69, 9.17) is 4.74 Å². The summed E-state index contributed by atoms with van der Waals surface area (Å²) in [4.78, 5) is 22.8. The number of carbonyl (C=O) groups is 2. The van der Waals surface area contributed by atoms with Crippen LogP contribution in [0.5, 0.6) is 0 Å². The van der Waals surface area contributed by atoms with E-state index in [1.807, 2.05) is 20.8 Å². The molecule has 18 heavy (non-hydrogen) atoms. The largest absolute Gasteiger partial charge is 0.450 e. The van der Waals surface area contributed by atoms with E-state index in [0.29, 0.717) is 19.7 Å². The van der Waals surface area contributed by atoms with Crippen LogP contribution in [0.2, 0.25) is 0 Å². The molecule has 0 aliphatic heterocycles. The molecule has 106 valence electrons. The van der Waals surface area contributed by atoms with E-state index in [0.717, 1.165) is 25.7 Å². The molecule has 2 N–H and O–H groups in total. The highest BCUT2D eigenvalue weighted by molar-refractivity contribution is 5.78. The lowest BCUT2D eigenvalue weighted by Crippen LogP contribution is -2.37. The molecule has 0 radical (unpaired) electrons. The maximum absolute atomic E-state index is 11.6. The topological polar surface area (TPSA) is 67.4 Å². The standard InChI is InChI=1S/C13H26N2O3/c1-4-7-10-18-13(17)15-9-8-14-12(16)11(5-2)6-3/h11H,4-10H2,1-3H3,(H,14,16)(H,15,17). The highest BCUT2D eigenvalue weighted by Gasteiger charge is 2.12. The summed E-state index contributed by atoms with van der Waals surface area (Å²) in [6, 6.07) is 0. The van der Waals surface area contributed by atoms with E-state index in [2.05, 4.69) is 10.6 Å². The summed E-state index contributed by atoms with van der Waals surface area (Å²) in [6.45, 7) is 7.32. The summed E-state index contributed by atoms with van der Waals surface area (Å²) < 4.78 is 4.92. The minimum Gasteiger partial charge on any atom is -0.450 e. The predicted octanol–water partition coefficient (Wildman–Crippen LogP) is 2.07. The van der Waals surface area contributed by atoms with Crippen molar-refractivity contribution in [2.75, 3.05) is 19.7 Å². The van der Waals surface area contributed by atoms with Gasteiger partial charge in [0.25, 0.3) is 0 Å². The lowest BCUT2D eigenvalue weighted by atomic mass is 10.0. The van der Waals surface area contributed by atoms with Crippen LogP contribution in [0.25, 0.3) is 0 Å². The quantitative estimate of drug-likeness (QED) is 0.622. The lowest BCUT2D eigenvalue weighted by Gasteiger charge is -2.13. The Balaban J connectivity index is 3.54. The molecule has 0 unspecified atom stereocenters. The van der Waals surface area contributed by atoms with Gasteiger partial charge in [0, 0.05) is 19.0 Å². The highest BCUT2D eigenvalue weighted by Crippen LogP contribution is 2.06. The van der Waals surface area contributed by atoms with Crippen molar-refractivity contribution in [1.82, 2.24) is 10.6 Å². The van der Waals surface area contributed by atoms with Crippen LogP contribution in [0.1, 0.15) is 46.5 Å². The molecule has 0 heterocycles. The number of amides is 2. The Kier molecular flexibility index (Phi) is 10.1. The molecule has 0 atom stereocenters. The first-order valence-electron chi connectivity index (χ1n) is 6.83. The summed E-state index contributed by atoms with van der Waals surface area (Å²) in [5.41, 5.74) is 0. The first-order valence-corrected chi connectivity index (χ1v) is 6.83. The van der Waals surface area contributed by atoms with E-state index in [1.54, 1.807) is 0 Å². The number of unbranched alkanes of at least 4 members (excludes halogenated alkanes) is 1. The Morgan fingerprint density at radius 1 is 1.06 bits per heavy atom. The van der Waals surface area contributed by atoms with Gasteiger partial charge in [-0.3, -0.25) is 4.79 Å². The molecule has 0 saturated heterocycles. The zero-order valence-electron chi connectivity index (χ0n) is 11.8. The molecule has 0 aliphatic carbocycles. The molecule has 0 aromatic carbocycles. The van der Waals surface area contributed by atoms with E-state index in [9.17, 15) is 9.59 Å². The second-order valence-corrected chi connectivity index (χ2v) is 4.22. The average molecular weight is 258 g/mol. The van der Waals surface area contributed by atoms with Crippen molar-refractivity contribution in [3.05, 3.63) is 0 Å². The van der Waals surface area contributed by atoms with Crippen molar-refractivity contribution in [2.24, 2.45) is 5.92 Å². The van der Waals surface area contributed by atoms with E-state index >= 15 is 0 Å². The van der Waals surface area contributed by atoms with Gasteiger partial charge in [-0.1, -0.05) is 27.2 Å². The number of ether oxygens (including phenoxy) is 1. The van der Waals surface area contributed by atoms with Crippen molar-refractivity contribution in [1.29, 1.82) is 0 Å². The van der Waals surface area contributed by atoms with Gasteiger partial charge < -0.3 is 15.4 Å². The molecule has 0 bridgehead atoms. The van der Waals surface area contributed by atoms with Crippen molar-refractivity contribution < 1.29 is 14.3 Å². The maximum atomic E-state index is 11.6. The van der Waals surface area contributed by atoms with Gasteiger partial charge in [0.05, 0.1) is 6.61 Å². The summed E-state index contributed by atoms with van der Waals surface area (Å²) in [5, 5.41) is 5.39. The highest BCUT2D eigenvalue weighted by atomic mass is 16.5. The number of hydrogen-bond donors (Lipinski definition) is 2. The van der Waals surface area contributed by atoms with Crippen molar-refractivity contribution >= 4 is 12.0 Å². The molecule has 0 saturated carbocycles. The molecule has 0 aromatic rings. The molecule has 0 aromatic heterocycles. The Bertz CT molecular complexity index is 240. The summed E-state index contributed by atoms with van der Waals surface area (Å²) >= 11 is 0. The van der Waals surface area contributed by atoms with Crippen LogP contribution in [0.4, 0.5) is 4.79 Å². The fourth-order valence-electron chi connectivity index (χ4n) is 1.51. The zero-order valence-corrected chi connectivity index (χ0v) is 11.8. The maximum Gasteiger partial charge on any atom is 0.407 e. The summed E-state index contributed by atoms with van der Waals surface area (Å²) in [5.74, 6) is 0.127. The van der Waals surface area contributed by atoms with Gasteiger partial charge in [0.1, 0.15) is 0 Å². The van der Waals surface area contributed by atoms with Gasteiger partial charge in [-0.15, -0.1) is 0 Å². The van der Waals surface area contributed by atoms with Gasteiger partial charge in [-0.05, 0) is 19.3 Å². The molecule has 5 heteroatoms. The smallest absolute Gasteiger partial charge is 0.407 e. The molecule has 0 aliphatic rings. The first-order chi connectivity index (χ1) is 8.65. The van der Waals surface area contributed by atoms with Crippen LogP contribution in [0.3, 0.4) is 0 Å². The minimum atomic E-state index is -0.416. The Labute approximate surface area is 110 Å². The lowest BCUT2D eigenvalue weighted by molar-refractivity contribution is -0.125. The van der Waals surface area contributed by atoms with E-state index in [1.165, 1.54) is 0 Å². The summed E-state index contributed by atoms with van der Waals surface area (Å²) in [6.07, 6.45) is 3.14. The molecular weight excluding hydrogens is 232 g/mol. The fourth-order valence-corrected chi connectivity index (χ4v) is 1.51. The van der Waals surface area contributed by atoms with Gasteiger partial charge in [-0.25, -0.2) is 4.79 Å². The average Bonchev–Trinajstić information content (AvgIpc) is 2.36. The van der Waals surface area contributed by atoms with Crippen LogP contribution in [-0.2, 0) is 9.53 Å². The van der Waals surface area contributed by atoms with Crippen LogP contribution in [0.15, 0.2) is 0 Å². The van der Waals surface area contributed by atoms with E-state index < -0.39 is 6.09 Å². The molecular formula is C13H26N2O3. The van der Waals surface area contributed by atoms with Crippen LogP contribution in [0, 0.1) is 5.92 Å².